The SMILES string of the molecule is CC(C)(C)OC(=O)CCC(NC(=O)COCC1(COS(C)(=O)=O)COC(C)(C)OC1)C(=O)NC(CCC(=O)OC(C)(C)C)C(=O)NC(Cc1ccc2ccccc2c1)C(=O)N1CCCCC(C(=O)OC(C)(C)C)NC(=O)NC(C(=O)OC(C)(C)C)CC(=O)OC1(C)C. The van der Waals surface area contributed by atoms with Crippen molar-refractivity contribution < 1.29 is 98.4 Å². The standard InChI is InChI=1S/C64H98N6O21S/c1-58(2,3)87-49(72)29-27-43(65-48(71)35-83-36-64(39-86-92(17,81)82)37-84-63(15,16)85-38-64)52(75)66-44(28-30-50(73)88-59(4,5)6)53(76)67-46(33-40-25-26-41-22-18-19-23-42(41)32-40)54(77)70-31-21-20-24-45(55(78)90-60(7,8)9)68-57(80)69-47(56(79)91-61(10,11)12)34-51(74)89-62(70,13)14/h18-19,22-23,25-26,32,43-47H,20-21,24,27-31,33-39H2,1-17H3,(H,65,71)(H,66,75)(H,67,76)(H2,68,69,80). The molecule has 0 radical (unpaired) electrons. The molecule has 2 fully saturated rings. The highest BCUT2D eigenvalue weighted by molar-refractivity contribution is 7.86. The number of esters is 5. The summed E-state index contributed by atoms with van der Waals surface area (Å²) in [5, 5.41) is 14.6. The van der Waals surface area contributed by atoms with Gasteiger partial charge >= 0.3 is 35.9 Å². The van der Waals surface area contributed by atoms with Gasteiger partial charge in [-0.2, -0.15) is 8.42 Å². The zero-order chi connectivity index (χ0) is 69.4. The van der Waals surface area contributed by atoms with E-state index in [1.54, 1.807) is 103 Å². The molecule has 5 N–H and O–H groups in total. The first-order valence-corrected chi connectivity index (χ1v) is 32.6. The first-order chi connectivity index (χ1) is 42.2. The summed E-state index contributed by atoms with van der Waals surface area (Å²) in [6.07, 6.45) is -1.63. The van der Waals surface area contributed by atoms with Gasteiger partial charge in [-0.1, -0.05) is 42.5 Å². The van der Waals surface area contributed by atoms with Gasteiger partial charge in [0.2, 0.25) is 23.6 Å². The Balaban J connectivity index is 1.79. The molecule has 516 valence electrons. The number of carbonyl (C=O) groups excluding carboxylic acids is 10. The lowest BCUT2D eigenvalue weighted by Crippen LogP contribution is -2.61. The fourth-order valence-electron chi connectivity index (χ4n) is 9.51. The van der Waals surface area contributed by atoms with Crippen molar-refractivity contribution >= 4 is 80.4 Å². The van der Waals surface area contributed by atoms with Gasteiger partial charge in [0.1, 0.15) is 59.2 Å². The van der Waals surface area contributed by atoms with Gasteiger partial charge in [-0.15, -0.1) is 0 Å². The maximum absolute atomic E-state index is 15.7. The predicted octanol–water partition coefficient (Wildman–Crippen LogP) is 5.24. The van der Waals surface area contributed by atoms with Gasteiger partial charge in [0.15, 0.2) is 11.5 Å². The van der Waals surface area contributed by atoms with Crippen molar-refractivity contribution in [1.82, 2.24) is 31.5 Å². The fraction of sp³-hybridized carbons (Fsp3) is 0.688. The van der Waals surface area contributed by atoms with Crippen LogP contribution in [0.5, 0.6) is 0 Å². The van der Waals surface area contributed by atoms with Gasteiger partial charge in [-0.05, 0) is 159 Å². The van der Waals surface area contributed by atoms with Crippen LogP contribution in [0, 0.1) is 5.41 Å². The molecule has 0 bridgehead atoms. The van der Waals surface area contributed by atoms with Crippen LogP contribution in [-0.4, -0.2) is 183 Å². The summed E-state index contributed by atoms with van der Waals surface area (Å²) in [6.45, 7) is 23.8. The van der Waals surface area contributed by atoms with E-state index in [1.807, 2.05) is 36.4 Å². The maximum Gasteiger partial charge on any atom is 0.329 e. The van der Waals surface area contributed by atoms with Crippen LogP contribution < -0.4 is 26.6 Å². The van der Waals surface area contributed by atoms with E-state index in [0.29, 0.717) is 5.56 Å². The van der Waals surface area contributed by atoms with Crippen LogP contribution in [0.4, 0.5) is 4.79 Å². The van der Waals surface area contributed by atoms with E-state index >= 15 is 9.59 Å². The monoisotopic (exact) mass is 1320 g/mol. The summed E-state index contributed by atoms with van der Waals surface area (Å²) in [5.41, 5.74) is -6.51. The second-order valence-corrected chi connectivity index (χ2v) is 29.9. The Morgan fingerprint density at radius 2 is 1.15 bits per heavy atom. The van der Waals surface area contributed by atoms with E-state index in [-0.39, 0.29) is 58.5 Å². The van der Waals surface area contributed by atoms with Gasteiger partial charge in [0, 0.05) is 25.8 Å². The van der Waals surface area contributed by atoms with Crippen LogP contribution in [-0.2, 0) is 102 Å². The Labute approximate surface area is 540 Å². The largest absolute Gasteiger partial charge is 0.460 e. The smallest absolute Gasteiger partial charge is 0.329 e. The number of nitrogens with zero attached hydrogens (tertiary/aromatic N) is 1. The number of hydrogen-bond donors (Lipinski definition) is 5. The van der Waals surface area contributed by atoms with Crippen molar-refractivity contribution in [1.29, 1.82) is 0 Å². The molecule has 6 amide bonds. The van der Waals surface area contributed by atoms with E-state index in [0.717, 1.165) is 17.0 Å². The summed E-state index contributed by atoms with van der Waals surface area (Å²) in [7, 11) is -3.94. The highest BCUT2D eigenvalue weighted by Crippen LogP contribution is 2.32. The molecule has 2 aromatic carbocycles. The Hall–Kier alpha value is -7.01. The lowest BCUT2D eigenvalue weighted by Gasteiger charge is -2.42. The second kappa shape index (κ2) is 32.2. The van der Waals surface area contributed by atoms with Gasteiger partial charge in [-0.3, -0.25) is 37.7 Å². The molecule has 0 saturated carbocycles. The molecule has 27 nitrogen and oxygen atoms in total. The number of amides is 6. The quantitative estimate of drug-likeness (QED) is 0.0539. The highest BCUT2D eigenvalue weighted by Gasteiger charge is 2.44. The number of hydrogen-bond acceptors (Lipinski definition) is 21. The molecule has 2 aliphatic heterocycles. The molecular formula is C64H98N6O21S. The van der Waals surface area contributed by atoms with Crippen LogP contribution in [0.3, 0.4) is 0 Å². The predicted molar refractivity (Wildman–Crippen MR) is 335 cm³/mol. The summed E-state index contributed by atoms with van der Waals surface area (Å²) >= 11 is 0. The number of ether oxygens (including phenoxy) is 8. The molecular weight excluding hydrogens is 1220 g/mol. The molecule has 2 saturated heterocycles. The number of fused-ring (bicyclic) bond motifs is 1. The van der Waals surface area contributed by atoms with Crippen molar-refractivity contribution in [3.8, 4) is 0 Å². The molecule has 28 heteroatoms. The fourth-order valence-corrected chi connectivity index (χ4v) is 9.97. The minimum Gasteiger partial charge on any atom is -0.460 e. The number of cyclic esters (lactones) is 1. The highest BCUT2D eigenvalue weighted by atomic mass is 32.2. The number of benzene rings is 2. The Morgan fingerprint density at radius 3 is 1.68 bits per heavy atom. The van der Waals surface area contributed by atoms with Gasteiger partial charge in [-0.25, -0.2) is 14.4 Å². The van der Waals surface area contributed by atoms with E-state index in [4.69, 9.17) is 42.1 Å². The topological polar surface area (TPSA) is 351 Å². The zero-order valence-electron chi connectivity index (χ0n) is 56.5. The van der Waals surface area contributed by atoms with Crippen molar-refractivity contribution in [2.45, 2.75) is 233 Å². The molecule has 0 aromatic heterocycles. The third kappa shape index (κ3) is 28.1. The molecule has 5 unspecified atom stereocenters. The molecule has 5 atom stereocenters. The third-order valence-corrected chi connectivity index (χ3v) is 14.3. The molecule has 0 aliphatic carbocycles. The second-order valence-electron chi connectivity index (χ2n) is 28.2. The average molecular weight is 1320 g/mol. The number of carbonyl (C=O) groups is 10. The van der Waals surface area contributed by atoms with Crippen molar-refractivity contribution in [3.05, 3.63) is 48.0 Å². The zero-order valence-corrected chi connectivity index (χ0v) is 57.3. The Morgan fingerprint density at radius 1 is 0.652 bits per heavy atom. The van der Waals surface area contributed by atoms with E-state index in [9.17, 15) is 46.8 Å². The maximum atomic E-state index is 15.7. The summed E-state index contributed by atoms with van der Waals surface area (Å²) in [6, 6.07) is 4.06. The lowest BCUT2D eigenvalue weighted by atomic mass is 9.91. The lowest BCUT2D eigenvalue weighted by molar-refractivity contribution is -0.295. The van der Waals surface area contributed by atoms with E-state index < -0.39 is 178 Å². The first-order valence-electron chi connectivity index (χ1n) is 30.8. The van der Waals surface area contributed by atoms with Gasteiger partial charge in [0.25, 0.3) is 10.1 Å². The molecule has 2 aromatic rings. The summed E-state index contributed by atoms with van der Waals surface area (Å²) in [4.78, 5) is 142. The van der Waals surface area contributed by atoms with Crippen LogP contribution >= 0.6 is 0 Å². The molecule has 92 heavy (non-hydrogen) atoms. The summed E-state index contributed by atoms with van der Waals surface area (Å²) in [5.74, 6) is -9.10. The van der Waals surface area contributed by atoms with E-state index in [2.05, 4.69) is 26.6 Å². The van der Waals surface area contributed by atoms with Gasteiger partial charge in [0.05, 0.1) is 44.5 Å². The van der Waals surface area contributed by atoms with Crippen LogP contribution in [0.1, 0.15) is 168 Å². The van der Waals surface area contributed by atoms with Crippen LogP contribution in [0.25, 0.3) is 10.8 Å². The van der Waals surface area contributed by atoms with Crippen molar-refractivity contribution in [2.75, 3.05) is 45.8 Å². The number of nitrogens with one attached hydrogen (secondary N) is 5. The minimum atomic E-state index is -3.94. The molecule has 0 spiro atoms. The minimum absolute atomic E-state index is 0.0306. The Bertz CT molecular complexity index is 3060. The molecule has 2 aliphatic rings. The Kier molecular flexibility index (Phi) is 27.1. The van der Waals surface area contributed by atoms with Crippen LogP contribution in [0.2, 0.25) is 0 Å². The summed E-state index contributed by atoms with van der Waals surface area (Å²) < 4.78 is 74.9. The third-order valence-electron chi connectivity index (χ3n) is 13.7. The molecule has 2 heterocycles. The number of rotatable bonds is 23. The first kappa shape index (κ1) is 77.4. The normalized spacial score (nSPS) is 19.4. The van der Waals surface area contributed by atoms with E-state index in [1.165, 1.54) is 18.7 Å². The van der Waals surface area contributed by atoms with Crippen molar-refractivity contribution in [3.63, 3.8) is 0 Å². The average Bonchev–Trinajstić information content (AvgIpc) is 0.843. The van der Waals surface area contributed by atoms with Crippen LogP contribution in [0.15, 0.2) is 42.5 Å². The number of urea groups is 1. The van der Waals surface area contributed by atoms with Crippen molar-refractivity contribution in [2.24, 2.45) is 5.41 Å². The van der Waals surface area contributed by atoms with Gasteiger partial charge < -0.3 is 69.4 Å². The molecule has 4 rings (SSSR count).